The fourth-order valence-corrected chi connectivity index (χ4v) is 2.55. The molecule has 0 unspecified atom stereocenters. The molecule has 2 rings (SSSR count). The number of pyridine rings is 1. The number of hydrogen-bond donors (Lipinski definition) is 1. The van der Waals surface area contributed by atoms with Gasteiger partial charge in [-0.2, -0.15) is 13.2 Å². The van der Waals surface area contributed by atoms with Crippen LogP contribution in [0, 0.1) is 0 Å². The van der Waals surface area contributed by atoms with Crippen LogP contribution in [0.1, 0.15) is 28.0 Å². The van der Waals surface area contributed by atoms with Gasteiger partial charge in [0.2, 0.25) is 0 Å². The summed E-state index contributed by atoms with van der Waals surface area (Å²) in [5, 5.41) is 9.34. The summed E-state index contributed by atoms with van der Waals surface area (Å²) in [6.07, 6.45) is -2.96. The van der Waals surface area contributed by atoms with E-state index in [0.29, 0.717) is 21.9 Å². The van der Waals surface area contributed by atoms with Gasteiger partial charge in [-0.3, -0.25) is 4.98 Å². The van der Waals surface area contributed by atoms with Crippen molar-refractivity contribution < 1.29 is 23.1 Å². The maximum absolute atomic E-state index is 12.4. The molecule has 0 fully saturated rings. The molecule has 2 aromatic heterocycles. The summed E-state index contributed by atoms with van der Waals surface area (Å²) in [7, 11) is 0. The van der Waals surface area contributed by atoms with Gasteiger partial charge in [-0.05, 0) is 18.6 Å². The lowest BCUT2D eigenvalue weighted by Gasteiger charge is -2.05. The van der Waals surface area contributed by atoms with E-state index in [-0.39, 0.29) is 5.69 Å². The van der Waals surface area contributed by atoms with Gasteiger partial charge >= 0.3 is 12.1 Å². The third kappa shape index (κ3) is 2.79. The standard InChI is InChI=1S/C12H9F3N2O2S/c1-2-7-9(11(18)19)17-10(20-7)6-3-4-8(16-5-6)12(13,14)15/h3-5H,2H2,1H3,(H,18,19). The minimum Gasteiger partial charge on any atom is -0.476 e. The molecule has 0 saturated carbocycles. The number of aromatic carboxylic acids is 1. The van der Waals surface area contributed by atoms with Crippen molar-refractivity contribution >= 4 is 17.3 Å². The summed E-state index contributed by atoms with van der Waals surface area (Å²) >= 11 is 1.14. The lowest BCUT2D eigenvalue weighted by atomic mass is 10.2. The summed E-state index contributed by atoms with van der Waals surface area (Å²) in [5.41, 5.74) is -0.690. The number of rotatable bonds is 3. The highest BCUT2D eigenvalue weighted by Crippen LogP contribution is 2.31. The predicted molar refractivity (Wildman–Crippen MR) is 66.7 cm³/mol. The first-order valence-corrected chi connectivity index (χ1v) is 6.41. The van der Waals surface area contributed by atoms with Crippen LogP contribution in [0.5, 0.6) is 0 Å². The van der Waals surface area contributed by atoms with Crippen molar-refractivity contribution in [3.05, 3.63) is 34.6 Å². The number of halogens is 3. The maximum atomic E-state index is 12.4. The number of aromatic nitrogens is 2. The highest BCUT2D eigenvalue weighted by Gasteiger charge is 2.32. The van der Waals surface area contributed by atoms with E-state index in [1.165, 1.54) is 6.07 Å². The molecule has 0 bridgehead atoms. The molecule has 4 nitrogen and oxygen atoms in total. The highest BCUT2D eigenvalue weighted by atomic mass is 32.1. The molecule has 0 spiro atoms. The Labute approximate surface area is 115 Å². The van der Waals surface area contributed by atoms with E-state index in [9.17, 15) is 18.0 Å². The molecule has 20 heavy (non-hydrogen) atoms. The van der Waals surface area contributed by atoms with Gasteiger partial charge in [0.25, 0.3) is 0 Å². The Morgan fingerprint density at radius 2 is 2.10 bits per heavy atom. The first kappa shape index (κ1) is 14.4. The number of alkyl halides is 3. The normalized spacial score (nSPS) is 11.6. The average molecular weight is 302 g/mol. The SMILES string of the molecule is CCc1sc(-c2ccc(C(F)(F)F)nc2)nc1C(=O)O. The van der Waals surface area contributed by atoms with E-state index in [2.05, 4.69) is 9.97 Å². The number of thiazole rings is 1. The van der Waals surface area contributed by atoms with Crippen LogP contribution in [0.2, 0.25) is 0 Å². The summed E-state index contributed by atoms with van der Waals surface area (Å²) in [6, 6.07) is 2.09. The largest absolute Gasteiger partial charge is 0.476 e. The molecule has 0 radical (unpaired) electrons. The molecule has 0 aromatic carbocycles. The second-order valence-corrected chi connectivity index (χ2v) is 4.96. The van der Waals surface area contributed by atoms with Crippen molar-refractivity contribution in [2.45, 2.75) is 19.5 Å². The fraction of sp³-hybridized carbons (Fsp3) is 0.250. The van der Waals surface area contributed by atoms with Crippen LogP contribution in [0.3, 0.4) is 0 Å². The number of aryl methyl sites for hydroxylation is 1. The molecular formula is C12H9F3N2O2S. The smallest absolute Gasteiger partial charge is 0.433 e. The topological polar surface area (TPSA) is 63.1 Å². The zero-order valence-electron chi connectivity index (χ0n) is 10.2. The monoisotopic (exact) mass is 302 g/mol. The Bertz CT molecular complexity index is 635. The quantitative estimate of drug-likeness (QED) is 0.942. The van der Waals surface area contributed by atoms with E-state index >= 15 is 0 Å². The van der Waals surface area contributed by atoms with Gasteiger partial charge in [0, 0.05) is 16.6 Å². The first-order valence-electron chi connectivity index (χ1n) is 5.59. The molecule has 2 aromatic rings. The van der Waals surface area contributed by atoms with Crippen LogP contribution in [-0.4, -0.2) is 21.0 Å². The molecule has 0 aliphatic heterocycles. The highest BCUT2D eigenvalue weighted by molar-refractivity contribution is 7.15. The Kier molecular flexibility index (Phi) is 3.76. The molecular weight excluding hydrogens is 293 g/mol. The number of hydrogen-bond acceptors (Lipinski definition) is 4. The van der Waals surface area contributed by atoms with E-state index in [4.69, 9.17) is 5.11 Å². The average Bonchev–Trinajstić information content (AvgIpc) is 2.82. The van der Waals surface area contributed by atoms with Gasteiger partial charge in [-0.1, -0.05) is 6.92 Å². The second kappa shape index (κ2) is 5.20. The molecule has 0 aliphatic carbocycles. The lowest BCUT2D eigenvalue weighted by molar-refractivity contribution is -0.141. The lowest BCUT2D eigenvalue weighted by Crippen LogP contribution is -2.07. The molecule has 0 aliphatic rings. The van der Waals surface area contributed by atoms with Crippen LogP contribution in [0.4, 0.5) is 13.2 Å². The Hall–Kier alpha value is -1.96. The van der Waals surface area contributed by atoms with Gasteiger partial charge in [0.1, 0.15) is 10.7 Å². The number of carboxylic acids is 1. The molecule has 0 amide bonds. The number of carbonyl (C=O) groups is 1. The van der Waals surface area contributed by atoms with E-state index < -0.39 is 17.8 Å². The Morgan fingerprint density at radius 1 is 1.40 bits per heavy atom. The zero-order valence-corrected chi connectivity index (χ0v) is 11.0. The number of nitrogens with zero attached hydrogens (tertiary/aromatic N) is 2. The predicted octanol–water partition coefficient (Wildman–Crippen LogP) is 3.48. The van der Waals surface area contributed by atoms with Gasteiger partial charge in [-0.15, -0.1) is 11.3 Å². The molecule has 1 N–H and O–H groups in total. The third-order valence-corrected chi connectivity index (χ3v) is 3.77. The van der Waals surface area contributed by atoms with Crippen molar-refractivity contribution in [1.82, 2.24) is 9.97 Å². The number of carboxylic acid groups (broad SMARTS) is 1. The molecule has 0 saturated heterocycles. The van der Waals surface area contributed by atoms with Crippen molar-refractivity contribution in [2.75, 3.05) is 0 Å². The van der Waals surface area contributed by atoms with Crippen LogP contribution in [0.15, 0.2) is 18.3 Å². The van der Waals surface area contributed by atoms with Crippen molar-refractivity contribution in [2.24, 2.45) is 0 Å². The molecule has 8 heteroatoms. The van der Waals surface area contributed by atoms with Crippen LogP contribution in [0.25, 0.3) is 10.6 Å². The van der Waals surface area contributed by atoms with E-state index in [1.807, 2.05) is 0 Å². The van der Waals surface area contributed by atoms with Crippen molar-refractivity contribution in [3.63, 3.8) is 0 Å². The second-order valence-electron chi connectivity index (χ2n) is 3.88. The molecule has 106 valence electrons. The van der Waals surface area contributed by atoms with E-state index in [0.717, 1.165) is 23.6 Å². The summed E-state index contributed by atoms with van der Waals surface area (Å²) < 4.78 is 37.2. The Morgan fingerprint density at radius 3 is 2.50 bits per heavy atom. The van der Waals surface area contributed by atoms with Crippen LogP contribution < -0.4 is 0 Å². The van der Waals surface area contributed by atoms with Gasteiger partial charge in [-0.25, -0.2) is 9.78 Å². The zero-order chi connectivity index (χ0) is 14.9. The minimum atomic E-state index is -4.50. The third-order valence-electron chi connectivity index (χ3n) is 2.52. The fourth-order valence-electron chi connectivity index (χ4n) is 1.57. The van der Waals surface area contributed by atoms with E-state index in [1.54, 1.807) is 6.92 Å². The first-order chi connectivity index (χ1) is 9.32. The maximum Gasteiger partial charge on any atom is 0.433 e. The van der Waals surface area contributed by atoms with Gasteiger partial charge in [0.15, 0.2) is 5.69 Å². The molecule has 0 atom stereocenters. The van der Waals surface area contributed by atoms with Crippen molar-refractivity contribution in [1.29, 1.82) is 0 Å². The van der Waals surface area contributed by atoms with Gasteiger partial charge < -0.3 is 5.11 Å². The van der Waals surface area contributed by atoms with Gasteiger partial charge in [0.05, 0.1) is 0 Å². The van der Waals surface area contributed by atoms with Crippen molar-refractivity contribution in [3.8, 4) is 10.6 Å². The summed E-state index contributed by atoms with van der Waals surface area (Å²) in [5.74, 6) is -1.15. The van der Waals surface area contributed by atoms with Crippen LogP contribution >= 0.6 is 11.3 Å². The van der Waals surface area contributed by atoms with Crippen LogP contribution in [-0.2, 0) is 12.6 Å². The molecule has 2 heterocycles. The summed E-state index contributed by atoms with van der Waals surface area (Å²) in [4.78, 5) is 18.8. The Balaban J connectivity index is 2.39. The minimum absolute atomic E-state index is 0.0626. The summed E-state index contributed by atoms with van der Waals surface area (Å²) in [6.45, 7) is 1.79.